The summed E-state index contributed by atoms with van der Waals surface area (Å²) < 4.78 is 16.8. The minimum absolute atomic E-state index is 0.177. The number of hydrogen-bond acceptors (Lipinski definition) is 4. The fourth-order valence-corrected chi connectivity index (χ4v) is 6.22. The van der Waals surface area contributed by atoms with E-state index in [9.17, 15) is 4.79 Å². The third-order valence-electron chi connectivity index (χ3n) is 7.21. The van der Waals surface area contributed by atoms with Gasteiger partial charge in [-0.1, -0.05) is 6.07 Å². The van der Waals surface area contributed by atoms with Crippen LogP contribution < -0.4 is 4.74 Å². The lowest BCUT2D eigenvalue weighted by molar-refractivity contribution is -0.150. The predicted octanol–water partition coefficient (Wildman–Crippen LogP) is 5.10. The van der Waals surface area contributed by atoms with E-state index in [1.54, 1.807) is 13.2 Å². The molecule has 4 heteroatoms. The van der Waals surface area contributed by atoms with Gasteiger partial charge < -0.3 is 14.2 Å². The minimum Gasteiger partial charge on any atom is -0.467 e. The van der Waals surface area contributed by atoms with E-state index < -0.39 is 0 Å². The number of carbonyl (C=O) groups excluding carboxylic acids is 1. The van der Waals surface area contributed by atoms with Crippen molar-refractivity contribution >= 4 is 11.9 Å². The van der Waals surface area contributed by atoms with Crippen molar-refractivity contribution in [2.45, 2.75) is 64.1 Å². The first kappa shape index (κ1) is 19.7. The van der Waals surface area contributed by atoms with E-state index in [1.165, 1.54) is 44.1 Å². The Hall–Kier alpha value is -1.65. The van der Waals surface area contributed by atoms with Gasteiger partial charge in [-0.25, -0.2) is 0 Å². The maximum absolute atomic E-state index is 11.0. The molecule has 1 unspecified atom stereocenters. The van der Waals surface area contributed by atoms with Gasteiger partial charge >= 0.3 is 0 Å². The van der Waals surface area contributed by atoms with Crippen LogP contribution in [0.3, 0.4) is 0 Å². The van der Waals surface area contributed by atoms with Gasteiger partial charge in [-0.15, -0.1) is 0 Å². The molecule has 1 atom stereocenters. The highest BCUT2D eigenvalue weighted by Crippen LogP contribution is 2.62. The molecule has 0 N–H and O–H groups in total. The number of aldehydes is 1. The minimum atomic E-state index is -0.292. The van der Waals surface area contributed by atoms with Gasteiger partial charge in [0, 0.05) is 12.7 Å². The highest BCUT2D eigenvalue weighted by molar-refractivity contribution is 5.81. The molecule has 0 spiro atoms. The molecule has 0 radical (unpaired) electrons. The Bertz CT molecular complexity index is 716. The molecule has 4 aliphatic carbocycles. The SMILES string of the molecule is COC(C)OCOc1ccc(C(C)=CC=O)cc1C12CC3CC(CC(C3)C1)C2. The Balaban J connectivity index is 1.67. The second kappa shape index (κ2) is 8.00. The Morgan fingerprint density at radius 1 is 1.18 bits per heavy atom. The van der Waals surface area contributed by atoms with Crippen LogP contribution in [-0.2, 0) is 19.7 Å². The van der Waals surface area contributed by atoms with Crippen molar-refractivity contribution in [2.24, 2.45) is 17.8 Å². The van der Waals surface area contributed by atoms with Gasteiger partial charge in [0.05, 0.1) is 0 Å². The van der Waals surface area contributed by atoms with Gasteiger partial charge in [-0.05, 0) is 105 Å². The van der Waals surface area contributed by atoms with Crippen molar-refractivity contribution in [3.63, 3.8) is 0 Å². The average Bonchev–Trinajstić information content (AvgIpc) is 2.67. The third kappa shape index (κ3) is 3.77. The normalized spacial score (nSPS) is 32.4. The molecule has 4 saturated carbocycles. The van der Waals surface area contributed by atoms with Crippen molar-refractivity contribution < 1.29 is 19.0 Å². The molecule has 5 rings (SSSR count). The number of benzene rings is 1. The molecule has 4 bridgehead atoms. The summed E-state index contributed by atoms with van der Waals surface area (Å²) in [6, 6.07) is 6.39. The number of ether oxygens (including phenoxy) is 3. The maximum Gasteiger partial charge on any atom is 0.191 e. The van der Waals surface area contributed by atoms with Crippen LogP contribution in [0.2, 0.25) is 0 Å². The highest BCUT2D eigenvalue weighted by atomic mass is 16.7. The lowest BCUT2D eigenvalue weighted by Crippen LogP contribution is -2.48. The molecule has 28 heavy (non-hydrogen) atoms. The Morgan fingerprint density at radius 3 is 2.39 bits per heavy atom. The molecular formula is C24H32O4. The largest absolute Gasteiger partial charge is 0.467 e. The van der Waals surface area contributed by atoms with Crippen LogP contribution in [0.5, 0.6) is 5.75 Å². The third-order valence-corrected chi connectivity index (χ3v) is 7.21. The van der Waals surface area contributed by atoms with E-state index in [-0.39, 0.29) is 18.5 Å². The van der Waals surface area contributed by atoms with E-state index >= 15 is 0 Å². The van der Waals surface area contributed by atoms with Gasteiger partial charge in [0.15, 0.2) is 13.1 Å². The van der Waals surface area contributed by atoms with Gasteiger partial charge in [-0.3, -0.25) is 4.79 Å². The molecule has 4 nitrogen and oxygen atoms in total. The molecular weight excluding hydrogens is 352 g/mol. The summed E-state index contributed by atoms with van der Waals surface area (Å²) in [6.07, 6.45) is 10.3. The van der Waals surface area contributed by atoms with Crippen LogP contribution >= 0.6 is 0 Å². The lowest BCUT2D eigenvalue weighted by atomic mass is 9.48. The molecule has 0 heterocycles. The van der Waals surface area contributed by atoms with E-state index in [0.29, 0.717) is 0 Å². The topological polar surface area (TPSA) is 44.8 Å². The Kier molecular flexibility index (Phi) is 5.62. The first-order valence-electron chi connectivity index (χ1n) is 10.6. The fraction of sp³-hybridized carbons (Fsp3) is 0.625. The summed E-state index contributed by atoms with van der Waals surface area (Å²) in [5, 5.41) is 0. The zero-order valence-corrected chi connectivity index (χ0v) is 17.3. The molecule has 0 aliphatic heterocycles. The number of rotatable bonds is 8. The summed E-state index contributed by atoms with van der Waals surface area (Å²) in [5.74, 6) is 3.50. The molecule has 4 fully saturated rings. The van der Waals surface area contributed by atoms with E-state index in [1.807, 2.05) is 13.8 Å². The van der Waals surface area contributed by atoms with Crippen molar-refractivity contribution in [3.05, 3.63) is 35.4 Å². The first-order chi connectivity index (χ1) is 13.5. The summed E-state index contributed by atoms with van der Waals surface area (Å²) in [5.41, 5.74) is 3.64. The summed E-state index contributed by atoms with van der Waals surface area (Å²) in [6.45, 7) is 4.04. The predicted molar refractivity (Wildman–Crippen MR) is 109 cm³/mol. The number of methoxy groups -OCH3 is 1. The Labute approximate surface area is 168 Å². The highest BCUT2D eigenvalue weighted by Gasteiger charge is 2.52. The maximum atomic E-state index is 11.0. The molecule has 152 valence electrons. The second-order valence-electron chi connectivity index (χ2n) is 9.13. The molecule has 1 aromatic rings. The monoisotopic (exact) mass is 384 g/mol. The average molecular weight is 385 g/mol. The molecule has 0 saturated heterocycles. The second-order valence-corrected chi connectivity index (χ2v) is 9.13. The summed E-state index contributed by atoms with van der Waals surface area (Å²) >= 11 is 0. The number of carbonyl (C=O) groups is 1. The van der Waals surface area contributed by atoms with Crippen molar-refractivity contribution in [1.29, 1.82) is 0 Å². The van der Waals surface area contributed by atoms with E-state index in [0.717, 1.165) is 40.9 Å². The molecule has 4 aliphatic rings. The molecule has 0 aromatic heterocycles. The van der Waals surface area contributed by atoms with Gasteiger partial charge in [0.2, 0.25) is 0 Å². The molecule has 0 amide bonds. The zero-order chi connectivity index (χ0) is 19.7. The van der Waals surface area contributed by atoms with E-state index in [4.69, 9.17) is 14.2 Å². The first-order valence-corrected chi connectivity index (χ1v) is 10.6. The van der Waals surface area contributed by atoms with Crippen LogP contribution in [0.25, 0.3) is 5.57 Å². The Morgan fingerprint density at radius 2 is 1.82 bits per heavy atom. The van der Waals surface area contributed by atoms with Crippen molar-refractivity contribution in [3.8, 4) is 5.75 Å². The van der Waals surface area contributed by atoms with Crippen molar-refractivity contribution in [2.75, 3.05) is 13.9 Å². The summed E-state index contributed by atoms with van der Waals surface area (Å²) in [4.78, 5) is 11.0. The number of allylic oxidation sites excluding steroid dienone is 2. The van der Waals surface area contributed by atoms with Crippen LogP contribution in [0.1, 0.15) is 63.5 Å². The molecule has 1 aromatic carbocycles. The fourth-order valence-electron chi connectivity index (χ4n) is 6.22. The lowest BCUT2D eigenvalue weighted by Gasteiger charge is -2.57. The standard InChI is InChI=1S/C24H32O4/c1-16(6-7-25)21-4-5-23(28-15-27-17(2)26-3)22(11-21)24-12-18-8-19(13-24)10-20(9-18)14-24/h4-7,11,17-20H,8-10,12-15H2,1-3H3. The quantitative estimate of drug-likeness (QED) is 0.355. The van der Waals surface area contributed by atoms with Gasteiger partial charge in [-0.2, -0.15) is 0 Å². The van der Waals surface area contributed by atoms with Gasteiger partial charge in [0.25, 0.3) is 0 Å². The number of hydrogen-bond donors (Lipinski definition) is 0. The van der Waals surface area contributed by atoms with Crippen molar-refractivity contribution in [1.82, 2.24) is 0 Å². The van der Waals surface area contributed by atoms with Gasteiger partial charge in [0.1, 0.15) is 12.0 Å². The van der Waals surface area contributed by atoms with E-state index in [2.05, 4.69) is 18.2 Å². The smallest absolute Gasteiger partial charge is 0.191 e. The summed E-state index contributed by atoms with van der Waals surface area (Å²) in [7, 11) is 1.63. The van der Waals surface area contributed by atoms with Crippen LogP contribution in [0.15, 0.2) is 24.3 Å². The van der Waals surface area contributed by atoms with Crippen LogP contribution in [-0.4, -0.2) is 26.5 Å². The zero-order valence-electron chi connectivity index (χ0n) is 17.3. The van der Waals surface area contributed by atoms with Crippen LogP contribution in [0.4, 0.5) is 0 Å². The van der Waals surface area contributed by atoms with Crippen LogP contribution in [0, 0.1) is 17.8 Å².